The second-order valence-electron chi connectivity index (χ2n) is 5.31. The fourth-order valence-electron chi connectivity index (χ4n) is 2.99. The molecule has 1 saturated carbocycles. The molecule has 2 nitrogen and oxygen atoms in total. The van der Waals surface area contributed by atoms with Gasteiger partial charge in [0.25, 0.3) is 0 Å². The van der Waals surface area contributed by atoms with E-state index in [1.807, 2.05) is 18.2 Å². The van der Waals surface area contributed by atoms with E-state index in [2.05, 4.69) is 22.6 Å². The van der Waals surface area contributed by atoms with Crippen LogP contribution in [-0.2, 0) is 4.79 Å². The zero-order valence-electron chi connectivity index (χ0n) is 10.9. The first-order chi connectivity index (χ1) is 9.65. The number of thioether (sulfide) groups is 1. The molecule has 1 atom stereocenters. The fourth-order valence-corrected chi connectivity index (χ4v) is 5.04. The number of carbonyl (C=O) groups excluding carboxylic acids is 1. The average Bonchev–Trinajstić information content (AvgIpc) is 2.96. The number of allylic oxidation sites excluding steroid dienone is 1. The van der Waals surface area contributed by atoms with Gasteiger partial charge >= 0.3 is 0 Å². The van der Waals surface area contributed by atoms with Crippen molar-refractivity contribution in [1.82, 2.24) is 0 Å². The van der Waals surface area contributed by atoms with Gasteiger partial charge in [-0.1, -0.05) is 43.2 Å². The molecule has 5 heteroatoms. The first kappa shape index (κ1) is 14.8. The van der Waals surface area contributed by atoms with E-state index in [9.17, 15) is 4.79 Å². The standard InChI is InChI=1S/C15H15IO2S2/c16-12-7-6-10(18-12)8-11-14(17)13(15(19)20-11)9-4-2-1-3-5-9/h6-9,13H,1-5H2. The molecule has 0 bridgehead atoms. The SMILES string of the molecule is O=C1C(=Cc2ccc(I)o2)SC(=S)C1C1CCCCC1. The molecule has 0 radical (unpaired) electrons. The third-order valence-corrected chi connectivity index (χ3v) is 6.06. The Labute approximate surface area is 141 Å². The van der Waals surface area contributed by atoms with Crippen LogP contribution in [0.4, 0.5) is 0 Å². The van der Waals surface area contributed by atoms with Crippen LogP contribution in [0.2, 0.25) is 0 Å². The van der Waals surface area contributed by atoms with Gasteiger partial charge in [-0.15, -0.1) is 0 Å². The molecule has 1 aliphatic heterocycles. The maximum Gasteiger partial charge on any atom is 0.178 e. The number of furan rings is 1. The van der Waals surface area contributed by atoms with E-state index in [0.29, 0.717) is 5.92 Å². The Morgan fingerprint density at radius 2 is 2.05 bits per heavy atom. The van der Waals surface area contributed by atoms with E-state index in [4.69, 9.17) is 16.6 Å². The molecule has 0 aromatic carbocycles. The lowest BCUT2D eigenvalue weighted by Crippen LogP contribution is -2.25. The van der Waals surface area contributed by atoms with E-state index >= 15 is 0 Å². The van der Waals surface area contributed by atoms with Gasteiger partial charge < -0.3 is 4.42 Å². The first-order valence-corrected chi connectivity index (χ1v) is 9.18. The molecule has 2 heterocycles. The van der Waals surface area contributed by atoms with Crippen molar-refractivity contribution in [2.45, 2.75) is 32.1 Å². The van der Waals surface area contributed by atoms with Gasteiger partial charge in [0.1, 0.15) is 5.76 Å². The minimum atomic E-state index is -0.0458. The van der Waals surface area contributed by atoms with Crippen LogP contribution in [0, 0.1) is 15.6 Å². The first-order valence-electron chi connectivity index (χ1n) is 6.88. The van der Waals surface area contributed by atoms with Crippen LogP contribution in [0.1, 0.15) is 37.9 Å². The maximum atomic E-state index is 12.6. The Balaban J connectivity index is 1.81. The van der Waals surface area contributed by atoms with Crippen LogP contribution >= 0.6 is 46.6 Å². The number of rotatable bonds is 2. The van der Waals surface area contributed by atoms with Crippen LogP contribution < -0.4 is 0 Å². The Kier molecular flexibility index (Phi) is 4.67. The summed E-state index contributed by atoms with van der Waals surface area (Å²) in [5.74, 6) is 1.35. The molecule has 3 rings (SSSR count). The van der Waals surface area contributed by atoms with Gasteiger partial charge in [0, 0.05) is 0 Å². The third-order valence-electron chi connectivity index (χ3n) is 3.98. The minimum absolute atomic E-state index is 0.0458. The number of Topliss-reactive ketones (excluding diaryl/α,β-unsaturated/α-hetero) is 1. The molecule has 1 aromatic heterocycles. The molecule has 1 aromatic rings. The van der Waals surface area contributed by atoms with Gasteiger partial charge in [-0.25, -0.2) is 0 Å². The summed E-state index contributed by atoms with van der Waals surface area (Å²) < 4.78 is 7.20. The zero-order valence-corrected chi connectivity index (χ0v) is 14.7. The van der Waals surface area contributed by atoms with Gasteiger partial charge in [-0.05, 0) is 59.6 Å². The molecule has 20 heavy (non-hydrogen) atoms. The quantitative estimate of drug-likeness (QED) is 0.381. The van der Waals surface area contributed by atoms with Gasteiger partial charge in [0.15, 0.2) is 9.55 Å². The molecular formula is C15H15IO2S2. The van der Waals surface area contributed by atoms with Gasteiger partial charge in [0.05, 0.1) is 15.0 Å². The summed E-state index contributed by atoms with van der Waals surface area (Å²) in [6.45, 7) is 0. The van der Waals surface area contributed by atoms with Gasteiger partial charge in [-0.2, -0.15) is 0 Å². The van der Waals surface area contributed by atoms with Crippen LogP contribution in [0.15, 0.2) is 21.5 Å². The molecule has 0 N–H and O–H groups in total. The van der Waals surface area contributed by atoms with Crippen molar-refractivity contribution in [2.24, 2.45) is 11.8 Å². The monoisotopic (exact) mass is 418 g/mol. The number of ketones is 1. The maximum absolute atomic E-state index is 12.6. The summed E-state index contributed by atoms with van der Waals surface area (Å²) in [6.07, 6.45) is 7.88. The molecule has 1 aliphatic carbocycles. The summed E-state index contributed by atoms with van der Waals surface area (Å²) in [7, 11) is 0. The summed E-state index contributed by atoms with van der Waals surface area (Å²) >= 11 is 9.05. The van der Waals surface area contributed by atoms with Crippen LogP contribution in [0.5, 0.6) is 0 Å². The minimum Gasteiger partial charge on any atom is -0.451 e. The van der Waals surface area contributed by atoms with Crippen LogP contribution in [0.3, 0.4) is 0 Å². The predicted octanol–water partition coefficient (Wildman–Crippen LogP) is 5.06. The highest BCUT2D eigenvalue weighted by atomic mass is 127. The lowest BCUT2D eigenvalue weighted by atomic mass is 9.79. The molecule has 2 fully saturated rings. The molecule has 106 valence electrons. The number of halogens is 1. The third kappa shape index (κ3) is 3.04. The highest BCUT2D eigenvalue weighted by Crippen LogP contribution is 2.43. The second kappa shape index (κ2) is 6.32. The zero-order chi connectivity index (χ0) is 14.1. The number of hydrogen-bond acceptors (Lipinski definition) is 4. The molecule has 1 saturated heterocycles. The van der Waals surface area contributed by atoms with Crippen molar-refractivity contribution in [3.8, 4) is 0 Å². The fraction of sp³-hybridized carbons (Fsp3) is 0.467. The Morgan fingerprint density at radius 1 is 1.30 bits per heavy atom. The van der Waals surface area contributed by atoms with Crippen LogP contribution in [0.25, 0.3) is 6.08 Å². The topological polar surface area (TPSA) is 30.2 Å². The van der Waals surface area contributed by atoms with E-state index in [-0.39, 0.29) is 11.7 Å². The smallest absolute Gasteiger partial charge is 0.178 e. The lowest BCUT2D eigenvalue weighted by molar-refractivity contribution is -0.117. The highest BCUT2D eigenvalue weighted by Gasteiger charge is 2.40. The van der Waals surface area contributed by atoms with E-state index < -0.39 is 0 Å². The van der Waals surface area contributed by atoms with E-state index in [1.165, 1.54) is 31.0 Å². The van der Waals surface area contributed by atoms with Crippen molar-refractivity contribution in [2.75, 3.05) is 0 Å². The Bertz CT molecular complexity index is 570. The molecule has 0 amide bonds. The van der Waals surface area contributed by atoms with Gasteiger partial charge in [0.2, 0.25) is 0 Å². The number of hydrogen-bond donors (Lipinski definition) is 0. The Morgan fingerprint density at radius 3 is 2.70 bits per heavy atom. The normalized spacial score (nSPS) is 26.6. The van der Waals surface area contributed by atoms with Crippen molar-refractivity contribution >= 4 is 62.6 Å². The molecule has 2 aliphatic rings. The van der Waals surface area contributed by atoms with Crippen molar-refractivity contribution in [3.05, 3.63) is 26.6 Å². The number of carbonyl (C=O) groups is 1. The second-order valence-corrected chi connectivity index (χ2v) is 8.16. The van der Waals surface area contributed by atoms with Crippen molar-refractivity contribution in [3.63, 3.8) is 0 Å². The summed E-state index contributed by atoms with van der Waals surface area (Å²) in [4.78, 5) is 13.4. The Hall–Kier alpha value is -0.140. The molecular weight excluding hydrogens is 403 g/mol. The lowest BCUT2D eigenvalue weighted by Gasteiger charge is -2.25. The van der Waals surface area contributed by atoms with Crippen molar-refractivity contribution in [1.29, 1.82) is 0 Å². The molecule has 0 spiro atoms. The average molecular weight is 418 g/mol. The summed E-state index contributed by atoms with van der Waals surface area (Å²) in [5.41, 5.74) is 0. The molecule has 1 unspecified atom stereocenters. The summed E-state index contributed by atoms with van der Waals surface area (Å²) in [6, 6.07) is 3.79. The van der Waals surface area contributed by atoms with E-state index in [1.54, 1.807) is 0 Å². The largest absolute Gasteiger partial charge is 0.451 e. The highest BCUT2D eigenvalue weighted by molar-refractivity contribution is 14.1. The van der Waals surface area contributed by atoms with E-state index in [0.717, 1.165) is 31.5 Å². The van der Waals surface area contributed by atoms with Crippen LogP contribution in [-0.4, -0.2) is 9.98 Å². The summed E-state index contributed by atoms with van der Waals surface area (Å²) in [5, 5.41) is 0. The van der Waals surface area contributed by atoms with Gasteiger partial charge in [-0.3, -0.25) is 4.79 Å². The van der Waals surface area contributed by atoms with Crippen molar-refractivity contribution < 1.29 is 9.21 Å². The number of thiocarbonyl (C=S) groups is 1. The predicted molar refractivity (Wildman–Crippen MR) is 94.7 cm³/mol.